The third kappa shape index (κ3) is 3.10. The summed E-state index contributed by atoms with van der Waals surface area (Å²) in [7, 11) is 2.02. The molecule has 0 unspecified atom stereocenters. The molecule has 0 saturated carbocycles. The summed E-state index contributed by atoms with van der Waals surface area (Å²) in [5.41, 5.74) is 0.981. The van der Waals surface area contributed by atoms with Crippen LogP contribution in [-0.4, -0.2) is 35.6 Å². The molecule has 17 heavy (non-hydrogen) atoms. The van der Waals surface area contributed by atoms with E-state index in [4.69, 9.17) is 0 Å². The maximum Gasteiger partial charge on any atom is 0.225 e. The molecule has 2 aromatic rings. The first kappa shape index (κ1) is 12.6. The van der Waals surface area contributed by atoms with Gasteiger partial charge in [0.15, 0.2) is 0 Å². The molecule has 1 aromatic heterocycles. The van der Waals surface area contributed by atoms with Gasteiger partial charge in [-0.1, -0.05) is 15.9 Å². The number of anilines is 1. The van der Waals surface area contributed by atoms with Crippen molar-refractivity contribution in [2.75, 3.05) is 30.5 Å². The molecule has 90 valence electrons. The Morgan fingerprint density at radius 1 is 1.41 bits per heavy atom. The zero-order valence-electron chi connectivity index (χ0n) is 9.85. The number of hydrogen-bond donors (Lipinski definition) is 0. The van der Waals surface area contributed by atoms with Crippen molar-refractivity contribution in [3.63, 3.8) is 0 Å². The third-order valence-corrected chi connectivity index (χ3v) is 3.59. The van der Waals surface area contributed by atoms with Crippen LogP contribution in [0.3, 0.4) is 0 Å². The normalized spacial score (nSPS) is 10.8. The summed E-state index contributed by atoms with van der Waals surface area (Å²) in [6.07, 6.45) is 3.98. The van der Waals surface area contributed by atoms with Gasteiger partial charge in [0, 0.05) is 35.4 Å². The van der Waals surface area contributed by atoms with Crippen LogP contribution < -0.4 is 4.90 Å². The van der Waals surface area contributed by atoms with Crippen LogP contribution in [0.1, 0.15) is 0 Å². The quantitative estimate of drug-likeness (QED) is 0.867. The maximum atomic E-state index is 4.55. The van der Waals surface area contributed by atoms with Crippen molar-refractivity contribution in [2.45, 2.75) is 0 Å². The highest BCUT2D eigenvalue weighted by atomic mass is 79.9. The van der Waals surface area contributed by atoms with Crippen LogP contribution >= 0.6 is 27.7 Å². The van der Waals surface area contributed by atoms with E-state index in [1.165, 1.54) is 0 Å². The summed E-state index contributed by atoms with van der Waals surface area (Å²) in [5.74, 6) is 1.87. The number of hydrogen-bond acceptors (Lipinski definition) is 4. The van der Waals surface area contributed by atoms with Crippen LogP contribution in [-0.2, 0) is 0 Å². The van der Waals surface area contributed by atoms with Gasteiger partial charge >= 0.3 is 0 Å². The highest BCUT2D eigenvalue weighted by Crippen LogP contribution is 2.19. The van der Waals surface area contributed by atoms with Crippen LogP contribution in [0.15, 0.2) is 28.9 Å². The van der Waals surface area contributed by atoms with Crippen molar-refractivity contribution in [3.8, 4) is 0 Å². The monoisotopic (exact) mass is 311 g/mol. The Labute approximate surface area is 114 Å². The van der Waals surface area contributed by atoms with Crippen molar-refractivity contribution in [1.82, 2.24) is 9.97 Å². The molecule has 0 saturated heterocycles. The molecule has 0 atom stereocenters. The first-order valence-electron chi connectivity index (χ1n) is 5.33. The van der Waals surface area contributed by atoms with Crippen LogP contribution in [0.4, 0.5) is 5.95 Å². The molecule has 2 rings (SSSR count). The minimum atomic E-state index is 0.786. The van der Waals surface area contributed by atoms with Crippen molar-refractivity contribution < 1.29 is 0 Å². The lowest BCUT2D eigenvalue weighted by Gasteiger charge is -2.16. The first-order chi connectivity index (χ1) is 8.20. The second-order valence-electron chi connectivity index (χ2n) is 3.79. The zero-order valence-corrected chi connectivity index (χ0v) is 12.3. The Balaban J connectivity index is 2.28. The van der Waals surface area contributed by atoms with E-state index in [0.717, 1.165) is 33.6 Å². The van der Waals surface area contributed by atoms with E-state index in [9.17, 15) is 0 Å². The highest BCUT2D eigenvalue weighted by molar-refractivity contribution is 9.10. The van der Waals surface area contributed by atoms with E-state index in [0.29, 0.717) is 0 Å². The molecule has 0 N–H and O–H groups in total. The molecule has 0 radical (unpaired) electrons. The third-order valence-electron chi connectivity index (χ3n) is 2.50. The number of benzene rings is 1. The highest BCUT2D eigenvalue weighted by Gasteiger charge is 2.05. The number of thioether (sulfide) groups is 1. The van der Waals surface area contributed by atoms with E-state index < -0.39 is 0 Å². The molecule has 0 fully saturated rings. The number of halogens is 1. The fourth-order valence-electron chi connectivity index (χ4n) is 1.51. The zero-order chi connectivity index (χ0) is 12.3. The smallest absolute Gasteiger partial charge is 0.225 e. The minimum absolute atomic E-state index is 0.786. The van der Waals surface area contributed by atoms with Gasteiger partial charge in [-0.05, 0) is 24.5 Å². The Bertz CT molecular complexity index is 518. The van der Waals surface area contributed by atoms with Crippen LogP contribution in [0, 0.1) is 0 Å². The molecule has 1 aromatic carbocycles. The lowest BCUT2D eigenvalue weighted by Crippen LogP contribution is -2.22. The summed E-state index contributed by atoms with van der Waals surface area (Å²) in [6.45, 7) is 0.962. The second-order valence-corrected chi connectivity index (χ2v) is 5.69. The summed E-state index contributed by atoms with van der Waals surface area (Å²) in [5, 5.41) is 1.06. The van der Waals surface area contributed by atoms with Gasteiger partial charge in [-0.15, -0.1) is 0 Å². The Morgan fingerprint density at radius 3 is 3.00 bits per heavy atom. The standard InChI is InChI=1S/C12H14BrN3S/c1-16(5-6-17-2)12-14-8-9-7-10(13)3-4-11(9)15-12/h3-4,7-8H,5-6H2,1-2H3. The predicted octanol–water partition coefficient (Wildman–Crippen LogP) is 3.19. The van der Waals surface area contributed by atoms with E-state index >= 15 is 0 Å². The van der Waals surface area contributed by atoms with E-state index in [2.05, 4.69) is 37.1 Å². The lowest BCUT2D eigenvalue weighted by atomic mass is 10.2. The fraction of sp³-hybridized carbons (Fsp3) is 0.333. The number of aromatic nitrogens is 2. The maximum absolute atomic E-state index is 4.55. The molecule has 0 spiro atoms. The van der Waals surface area contributed by atoms with Gasteiger partial charge in [0.2, 0.25) is 5.95 Å². The molecule has 0 bridgehead atoms. The Kier molecular flexibility index (Phi) is 4.23. The van der Waals surface area contributed by atoms with Crippen molar-refractivity contribution in [2.24, 2.45) is 0 Å². The van der Waals surface area contributed by atoms with E-state index in [-0.39, 0.29) is 0 Å². The molecular formula is C12H14BrN3S. The van der Waals surface area contributed by atoms with Crippen LogP contribution in [0.5, 0.6) is 0 Å². The Morgan fingerprint density at radius 2 is 2.24 bits per heavy atom. The van der Waals surface area contributed by atoms with Gasteiger partial charge in [-0.3, -0.25) is 0 Å². The van der Waals surface area contributed by atoms with Crippen LogP contribution in [0.25, 0.3) is 10.9 Å². The Hall–Kier alpha value is -0.810. The average Bonchev–Trinajstić information content (AvgIpc) is 2.35. The van der Waals surface area contributed by atoms with Crippen LogP contribution in [0.2, 0.25) is 0 Å². The summed E-state index contributed by atoms with van der Waals surface area (Å²) in [6, 6.07) is 6.04. The summed E-state index contributed by atoms with van der Waals surface area (Å²) >= 11 is 5.27. The molecule has 0 aliphatic rings. The summed E-state index contributed by atoms with van der Waals surface area (Å²) in [4.78, 5) is 11.0. The van der Waals surface area contributed by atoms with Gasteiger partial charge in [0.05, 0.1) is 5.52 Å². The average molecular weight is 312 g/mol. The number of nitrogens with zero attached hydrogens (tertiary/aromatic N) is 3. The summed E-state index contributed by atoms with van der Waals surface area (Å²) < 4.78 is 1.05. The van der Waals surface area contributed by atoms with Gasteiger partial charge < -0.3 is 4.90 Å². The van der Waals surface area contributed by atoms with Crippen molar-refractivity contribution in [1.29, 1.82) is 0 Å². The SMILES string of the molecule is CSCCN(C)c1ncc2cc(Br)ccc2n1. The van der Waals surface area contributed by atoms with Gasteiger partial charge in [0.25, 0.3) is 0 Å². The molecule has 0 amide bonds. The number of fused-ring (bicyclic) bond motifs is 1. The van der Waals surface area contributed by atoms with E-state index in [1.54, 1.807) is 0 Å². The molecule has 0 aliphatic heterocycles. The van der Waals surface area contributed by atoms with E-state index in [1.807, 2.05) is 43.2 Å². The molecule has 5 heteroatoms. The van der Waals surface area contributed by atoms with Gasteiger partial charge in [-0.25, -0.2) is 9.97 Å². The topological polar surface area (TPSA) is 29.0 Å². The van der Waals surface area contributed by atoms with Crippen molar-refractivity contribution >= 4 is 44.5 Å². The van der Waals surface area contributed by atoms with Gasteiger partial charge in [0.1, 0.15) is 0 Å². The first-order valence-corrected chi connectivity index (χ1v) is 7.52. The van der Waals surface area contributed by atoms with Crippen molar-refractivity contribution in [3.05, 3.63) is 28.9 Å². The lowest BCUT2D eigenvalue weighted by molar-refractivity contribution is 0.917. The molecule has 1 heterocycles. The number of rotatable bonds is 4. The molecular weight excluding hydrogens is 298 g/mol. The fourth-order valence-corrected chi connectivity index (χ4v) is 2.34. The predicted molar refractivity (Wildman–Crippen MR) is 78.9 cm³/mol. The molecule has 0 aliphatic carbocycles. The molecule has 3 nitrogen and oxygen atoms in total. The second kappa shape index (κ2) is 5.69. The minimum Gasteiger partial charge on any atom is -0.343 e. The largest absolute Gasteiger partial charge is 0.343 e. The van der Waals surface area contributed by atoms with Gasteiger partial charge in [-0.2, -0.15) is 11.8 Å².